The number of benzene rings is 1. The van der Waals surface area contributed by atoms with E-state index in [0.717, 1.165) is 61.8 Å². The van der Waals surface area contributed by atoms with Crippen LogP contribution >= 0.6 is 0 Å². The number of rotatable bonds is 6. The molecule has 0 fully saturated rings. The number of methoxy groups -OCH3 is 2. The molecule has 8 heteroatoms. The van der Waals surface area contributed by atoms with Crippen LogP contribution < -0.4 is 4.74 Å². The van der Waals surface area contributed by atoms with Crippen molar-refractivity contribution in [1.82, 2.24) is 24.7 Å². The number of aromatic nitrogens is 5. The maximum absolute atomic E-state index is 5.78. The standard InChI is InChI=1S/C24H23N5O3/c1-14-23(15(2)32-28-14)18-9-19-17(10-21(18)31-4)24-20(11-26-19)27-22(13-30-3)29(24)12-16-7-5-6-8-25-16/h5-11H,12-13H2,1-4H3. The van der Waals surface area contributed by atoms with Crippen molar-refractivity contribution in [2.24, 2.45) is 0 Å². The van der Waals surface area contributed by atoms with Gasteiger partial charge < -0.3 is 18.6 Å². The van der Waals surface area contributed by atoms with Crippen LogP contribution in [-0.4, -0.2) is 38.9 Å². The predicted molar refractivity (Wildman–Crippen MR) is 121 cm³/mol. The summed E-state index contributed by atoms with van der Waals surface area (Å²) in [4.78, 5) is 14.0. The highest BCUT2D eigenvalue weighted by Gasteiger charge is 2.20. The average Bonchev–Trinajstić information content (AvgIpc) is 3.33. The van der Waals surface area contributed by atoms with Gasteiger partial charge >= 0.3 is 0 Å². The lowest BCUT2D eigenvalue weighted by atomic mass is 10.0. The molecule has 0 aliphatic rings. The maximum atomic E-state index is 5.78. The Balaban J connectivity index is 1.78. The fraction of sp³-hybridized carbons (Fsp3) is 0.250. The first-order valence-electron chi connectivity index (χ1n) is 10.3. The number of hydrogen-bond acceptors (Lipinski definition) is 7. The Morgan fingerprint density at radius 3 is 2.62 bits per heavy atom. The Morgan fingerprint density at radius 1 is 1.06 bits per heavy atom. The molecule has 0 aliphatic heterocycles. The van der Waals surface area contributed by atoms with E-state index in [1.165, 1.54) is 0 Å². The summed E-state index contributed by atoms with van der Waals surface area (Å²) >= 11 is 0. The summed E-state index contributed by atoms with van der Waals surface area (Å²) < 4.78 is 18.7. The first-order chi connectivity index (χ1) is 15.6. The van der Waals surface area contributed by atoms with Crippen LogP contribution in [-0.2, 0) is 17.9 Å². The quantitative estimate of drug-likeness (QED) is 0.394. The molecular weight excluding hydrogens is 406 g/mol. The summed E-state index contributed by atoms with van der Waals surface area (Å²) in [5.41, 5.74) is 6.17. The largest absolute Gasteiger partial charge is 0.496 e. The molecule has 162 valence electrons. The molecule has 5 aromatic rings. The highest BCUT2D eigenvalue weighted by atomic mass is 16.5. The fourth-order valence-corrected chi connectivity index (χ4v) is 4.18. The van der Waals surface area contributed by atoms with Crippen molar-refractivity contribution in [1.29, 1.82) is 0 Å². The summed E-state index contributed by atoms with van der Waals surface area (Å²) in [6.45, 7) is 4.78. The molecule has 4 aromatic heterocycles. The minimum Gasteiger partial charge on any atom is -0.496 e. The van der Waals surface area contributed by atoms with Gasteiger partial charge in [0.2, 0.25) is 0 Å². The summed E-state index contributed by atoms with van der Waals surface area (Å²) in [5.74, 6) is 2.28. The minimum absolute atomic E-state index is 0.386. The van der Waals surface area contributed by atoms with Gasteiger partial charge in [0, 0.05) is 24.3 Å². The van der Waals surface area contributed by atoms with E-state index in [4.69, 9.17) is 24.0 Å². The molecule has 1 aromatic carbocycles. The van der Waals surface area contributed by atoms with Gasteiger partial charge in [0.1, 0.15) is 29.5 Å². The third-order valence-electron chi connectivity index (χ3n) is 5.59. The van der Waals surface area contributed by atoms with E-state index in [9.17, 15) is 0 Å². The zero-order valence-corrected chi connectivity index (χ0v) is 18.4. The van der Waals surface area contributed by atoms with Crippen molar-refractivity contribution in [2.45, 2.75) is 27.0 Å². The molecule has 0 amide bonds. The lowest BCUT2D eigenvalue weighted by molar-refractivity contribution is 0.175. The van der Waals surface area contributed by atoms with Crippen molar-refractivity contribution in [3.05, 3.63) is 65.7 Å². The first-order valence-corrected chi connectivity index (χ1v) is 10.3. The van der Waals surface area contributed by atoms with Crippen LogP contribution in [0.2, 0.25) is 0 Å². The molecular formula is C24H23N5O3. The molecule has 0 atom stereocenters. The Kier molecular flexibility index (Phi) is 5.07. The second-order valence-corrected chi connectivity index (χ2v) is 7.63. The van der Waals surface area contributed by atoms with Gasteiger partial charge in [0.15, 0.2) is 0 Å². The van der Waals surface area contributed by atoms with E-state index < -0.39 is 0 Å². The van der Waals surface area contributed by atoms with Gasteiger partial charge in [0.25, 0.3) is 0 Å². The summed E-state index contributed by atoms with van der Waals surface area (Å²) in [6.07, 6.45) is 3.60. The van der Waals surface area contributed by atoms with Gasteiger partial charge in [-0.25, -0.2) is 4.98 Å². The first kappa shape index (κ1) is 20.1. The minimum atomic E-state index is 0.386. The Labute approximate surface area is 184 Å². The average molecular weight is 429 g/mol. The predicted octanol–water partition coefficient (Wildman–Crippen LogP) is 4.45. The summed E-state index contributed by atoms with van der Waals surface area (Å²) in [6, 6.07) is 9.93. The molecule has 0 unspecified atom stereocenters. The molecule has 0 aliphatic carbocycles. The van der Waals surface area contributed by atoms with Crippen molar-refractivity contribution < 1.29 is 14.0 Å². The topological polar surface area (TPSA) is 88.1 Å². The van der Waals surface area contributed by atoms with Gasteiger partial charge in [-0.1, -0.05) is 11.2 Å². The molecule has 0 saturated heterocycles. The Morgan fingerprint density at radius 2 is 1.94 bits per heavy atom. The third-order valence-corrected chi connectivity index (χ3v) is 5.59. The number of ether oxygens (including phenoxy) is 2. The van der Waals surface area contributed by atoms with Crippen LogP contribution in [0.3, 0.4) is 0 Å². The lowest BCUT2D eigenvalue weighted by Crippen LogP contribution is -2.07. The molecule has 0 saturated carbocycles. The molecule has 5 rings (SSSR count). The summed E-state index contributed by atoms with van der Waals surface area (Å²) in [5, 5.41) is 5.04. The number of nitrogens with zero attached hydrogens (tertiary/aromatic N) is 5. The van der Waals surface area contributed by atoms with Gasteiger partial charge in [-0.2, -0.15) is 0 Å². The fourth-order valence-electron chi connectivity index (χ4n) is 4.18. The van der Waals surface area contributed by atoms with Crippen LogP contribution in [0.25, 0.3) is 33.1 Å². The van der Waals surface area contributed by atoms with Crippen LogP contribution in [0.15, 0.2) is 47.2 Å². The molecule has 32 heavy (non-hydrogen) atoms. The van der Waals surface area contributed by atoms with Crippen molar-refractivity contribution in [3.63, 3.8) is 0 Å². The monoisotopic (exact) mass is 429 g/mol. The number of aryl methyl sites for hydroxylation is 2. The van der Waals surface area contributed by atoms with Gasteiger partial charge in [-0.05, 0) is 38.1 Å². The maximum Gasteiger partial charge on any atom is 0.141 e. The molecule has 8 nitrogen and oxygen atoms in total. The van der Waals surface area contributed by atoms with Crippen LogP contribution in [0.1, 0.15) is 23.0 Å². The van der Waals surface area contributed by atoms with Crippen LogP contribution in [0.4, 0.5) is 0 Å². The SMILES string of the molecule is COCc1nc2cnc3cc(-c4c(C)noc4C)c(OC)cc3c2n1Cc1ccccn1. The summed E-state index contributed by atoms with van der Waals surface area (Å²) in [7, 11) is 3.33. The molecule has 0 N–H and O–H groups in total. The van der Waals surface area contributed by atoms with E-state index in [1.807, 2.05) is 44.2 Å². The van der Waals surface area contributed by atoms with Crippen molar-refractivity contribution >= 4 is 21.9 Å². The third kappa shape index (κ3) is 3.29. The van der Waals surface area contributed by atoms with Gasteiger partial charge in [-0.15, -0.1) is 0 Å². The Hall–Kier alpha value is -3.78. The molecule has 0 radical (unpaired) electrons. The normalized spacial score (nSPS) is 11.5. The number of pyridine rings is 2. The number of imidazole rings is 1. The van der Waals surface area contributed by atoms with Crippen molar-refractivity contribution in [3.8, 4) is 16.9 Å². The molecule has 0 bridgehead atoms. The molecule has 4 heterocycles. The number of hydrogen-bond donors (Lipinski definition) is 0. The highest BCUT2D eigenvalue weighted by molar-refractivity contribution is 6.05. The van der Waals surface area contributed by atoms with E-state index in [-0.39, 0.29) is 0 Å². The highest BCUT2D eigenvalue weighted by Crippen LogP contribution is 2.39. The zero-order valence-electron chi connectivity index (χ0n) is 18.4. The van der Waals surface area contributed by atoms with Crippen LogP contribution in [0.5, 0.6) is 5.75 Å². The number of fused-ring (bicyclic) bond motifs is 3. The van der Waals surface area contributed by atoms with Crippen molar-refractivity contribution in [2.75, 3.05) is 14.2 Å². The van der Waals surface area contributed by atoms with Crippen LogP contribution in [0, 0.1) is 13.8 Å². The van der Waals surface area contributed by atoms with E-state index in [2.05, 4.69) is 14.7 Å². The Bertz CT molecular complexity index is 1400. The van der Waals surface area contributed by atoms with Gasteiger partial charge in [-0.3, -0.25) is 9.97 Å². The molecule has 0 spiro atoms. The zero-order chi connectivity index (χ0) is 22.2. The van der Waals surface area contributed by atoms with Gasteiger partial charge in [0.05, 0.1) is 47.8 Å². The van der Waals surface area contributed by atoms with E-state index in [1.54, 1.807) is 26.6 Å². The van der Waals surface area contributed by atoms with E-state index in [0.29, 0.717) is 13.2 Å². The lowest BCUT2D eigenvalue weighted by Gasteiger charge is -2.13. The second kappa shape index (κ2) is 8.05. The van der Waals surface area contributed by atoms with E-state index >= 15 is 0 Å². The smallest absolute Gasteiger partial charge is 0.141 e. The second-order valence-electron chi connectivity index (χ2n) is 7.63.